The maximum atomic E-state index is 12.3. The maximum absolute atomic E-state index is 12.3. The van der Waals surface area contributed by atoms with Gasteiger partial charge in [0.2, 0.25) is 0 Å². The largest absolute Gasteiger partial charge is 0.471 e. The molecular weight excluding hydrogens is 247 g/mol. The molecule has 18 heavy (non-hydrogen) atoms. The Hall–Kier alpha value is -0.820. The molecule has 0 atom stereocenters. The number of halogens is 3. The van der Waals surface area contributed by atoms with E-state index in [1.54, 1.807) is 0 Å². The lowest BCUT2D eigenvalue weighted by Gasteiger charge is -2.40. The lowest BCUT2D eigenvalue weighted by atomic mass is 10.0. The van der Waals surface area contributed by atoms with Crippen molar-refractivity contribution in [3.05, 3.63) is 0 Å². The first-order chi connectivity index (χ1) is 8.48. The van der Waals surface area contributed by atoms with E-state index in [1.165, 1.54) is 0 Å². The second-order valence-electron chi connectivity index (χ2n) is 4.81. The second kappa shape index (κ2) is 5.44. The second-order valence-corrected chi connectivity index (χ2v) is 4.81. The summed E-state index contributed by atoms with van der Waals surface area (Å²) in [5, 5.41) is 3.26. The predicted octanol–water partition coefficient (Wildman–Crippen LogP) is 0.445. The molecule has 0 aromatic rings. The highest BCUT2D eigenvalue weighted by Crippen LogP contribution is 2.21. The van der Waals surface area contributed by atoms with Gasteiger partial charge in [0.1, 0.15) is 0 Å². The Labute approximate surface area is 104 Å². The van der Waals surface area contributed by atoms with Gasteiger partial charge in [-0.15, -0.1) is 0 Å². The number of carbonyl (C=O) groups excluding carboxylic acids is 1. The minimum absolute atomic E-state index is 0.183. The van der Waals surface area contributed by atoms with Gasteiger partial charge in [-0.1, -0.05) is 0 Å². The zero-order valence-corrected chi connectivity index (χ0v) is 10.2. The maximum Gasteiger partial charge on any atom is 0.471 e. The van der Waals surface area contributed by atoms with E-state index in [0.717, 1.165) is 30.8 Å². The fourth-order valence-electron chi connectivity index (χ4n) is 2.64. The van der Waals surface area contributed by atoms with Crippen LogP contribution in [0.1, 0.15) is 12.8 Å². The Kier molecular flexibility index (Phi) is 4.11. The zero-order chi connectivity index (χ0) is 13.2. The number of piperazine rings is 1. The molecule has 2 rings (SSSR count). The van der Waals surface area contributed by atoms with Gasteiger partial charge in [0.25, 0.3) is 0 Å². The fourth-order valence-corrected chi connectivity index (χ4v) is 2.64. The standard InChI is InChI=1S/C11H18F3N3O/c12-11(13,14)10(18)17-7-5-16(6-8-17)9-1-3-15-4-2-9/h9,15H,1-8H2. The topological polar surface area (TPSA) is 35.6 Å². The molecule has 7 heteroatoms. The van der Waals surface area contributed by atoms with Crippen molar-refractivity contribution in [2.75, 3.05) is 39.3 Å². The van der Waals surface area contributed by atoms with Crippen LogP contribution in [0.5, 0.6) is 0 Å². The summed E-state index contributed by atoms with van der Waals surface area (Å²) < 4.78 is 36.8. The van der Waals surface area contributed by atoms with Crippen LogP contribution in [-0.4, -0.2) is 67.2 Å². The van der Waals surface area contributed by atoms with Crippen LogP contribution >= 0.6 is 0 Å². The molecule has 1 amide bonds. The summed E-state index contributed by atoms with van der Waals surface area (Å²) in [4.78, 5) is 14.2. The smallest absolute Gasteiger partial charge is 0.332 e. The van der Waals surface area contributed by atoms with E-state index in [2.05, 4.69) is 10.2 Å². The van der Waals surface area contributed by atoms with Gasteiger partial charge in [-0.3, -0.25) is 9.69 Å². The van der Waals surface area contributed by atoms with Gasteiger partial charge in [0.05, 0.1) is 0 Å². The van der Waals surface area contributed by atoms with E-state index in [4.69, 9.17) is 0 Å². The molecule has 0 unspecified atom stereocenters. The lowest BCUT2D eigenvalue weighted by Crippen LogP contribution is -2.56. The molecule has 104 valence electrons. The molecule has 0 spiro atoms. The zero-order valence-electron chi connectivity index (χ0n) is 10.2. The van der Waals surface area contributed by atoms with Crippen molar-refractivity contribution in [3.8, 4) is 0 Å². The van der Waals surface area contributed by atoms with Crippen LogP contribution in [0.3, 0.4) is 0 Å². The summed E-state index contributed by atoms with van der Waals surface area (Å²) in [5.74, 6) is -1.70. The molecule has 2 aliphatic rings. The van der Waals surface area contributed by atoms with Gasteiger partial charge < -0.3 is 10.2 Å². The van der Waals surface area contributed by atoms with E-state index in [1.807, 2.05) is 0 Å². The highest BCUT2D eigenvalue weighted by Gasteiger charge is 2.43. The number of hydrogen-bond donors (Lipinski definition) is 1. The molecule has 2 aliphatic heterocycles. The molecule has 2 saturated heterocycles. The van der Waals surface area contributed by atoms with Crippen LogP contribution < -0.4 is 5.32 Å². The van der Waals surface area contributed by atoms with E-state index in [9.17, 15) is 18.0 Å². The number of alkyl halides is 3. The molecule has 0 aromatic heterocycles. The van der Waals surface area contributed by atoms with E-state index in [0.29, 0.717) is 19.1 Å². The summed E-state index contributed by atoms with van der Waals surface area (Å²) in [6, 6.07) is 0.453. The Balaban J connectivity index is 1.82. The number of nitrogens with zero attached hydrogens (tertiary/aromatic N) is 2. The number of carbonyl (C=O) groups is 1. The average molecular weight is 265 g/mol. The van der Waals surface area contributed by atoms with Crippen molar-refractivity contribution >= 4 is 5.91 Å². The van der Waals surface area contributed by atoms with Gasteiger partial charge in [-0.2, -0.15) is 13.2 Å². The van der Waals surface area contributed by atoms with Crippen molar-refractivity contribution in [2.24, 2.45) is 0 Å². The first kappa shape index (κ1) is 13.6. The van der Waals surface area contributed by atoms with Crippen molar-refractivity contribution < 1.29 is 18.0 Å². The fraction of sp³-hybridized carbons (Fsp3) is 0.909. The van der Waals surface area contributed by atoms with E-state index >= 15 is 0 Å². The van der Waals surface area contributed by atoms with Gasteiger partial charge >= 0.3 is 12.1 Å². The van der Waals surface area contributed by atoms with Crippen molar-refractivity contribution in [3.63, 3.8) is 0 Å². The predicted molar refractivity (Wildman–Crippen MR) is 60.1 cm³/mol. The summed E-state index contributed by atoms with van der Waals surface area (Å²) in [7, 11) is 0. The lowest BCUT2D eigenvalue weighted by molar-refractivity contribution is -0.187. The molecule has 2 fully saturated rings. The van der Waals surface area contributed by atoms with Crippen molar-refractivity contribution in [1.82, 2.24) is 15.1 Å². The van der Waals surface area contributed by atoms with Crippen LogP contribution in [0.4, 0.5) is 13.2 Å². The Bertz CT molecular complexity index is 294. The third kappa shape index (κ3) is 3.14. The SMILES string of the molecule is O=C(N1CCN(C2CCNCC2)CC1)C(F)(F)F. The molecule has 1 N–H and O–H groups in total. The number of hydrogen-bond acceptors (Lipinski definition) is 3. The molecule has 0 bridgehead atoms. The highest BCUT2D eigenvalue weighted by atomic mass is 19.4. The van der Waals surface area contributed by atoms with Crippen molar-refractivity contribution in [2.45, 2.75) is 25.1 Å². The number of nitrogens with one attached hydrogen (secondary N) is 1. The number of rotatable bonds is 1. The molecule has 0 aliphatic carbocycles. The third-order valence-corrected chi connectivity index (χ3v) is 3.67. The van der Waals surface area contributed by atoms with Gasteiger partial charge in [0.15, 0.2) is 0 Å². The Morgan fingerprint density at radius 1 is 1.06 bits per heavy atom. The summed E-state index contributed by atoms with van der Waals surface area (Å²) >= 11 is 0. The molecule has 2 heterocycles. The normalized spacial score (nSPS) is 24.3. The summed E-state index contributed by atoms with van der Waals surface area (Å²) in [6.45, 7) is 3.39. The van der Waals surface area contributed by atoms with Crippen LogP contribution in [-0.2, 0) is 4.79 Å². The van der Waals surface area contributed by atoms with Crippen molar-refractivity contribution in [1.29, 1.82) is 0 Å². The van der Waals surface area contributed by atoms with Gasteiger partial charge in [-0.25, -0.2) is 0 Å². The monoisotopic (exact) mass is 265 g/mol. The minimum atomic E-state index is -4.74. The third-order valence-electron chi connectivity index (χ3n) is 3.67. The van der Waals surface area contributed by atoms with Crippen LogP contribution in [0, 0.1) is 0 Å². The molecule has 0 aromatic carbocycles. The first-order valence-corrected chi connectivity index (χ1v) is 6.29. The first-order valence-electron chi connectivity index (χ1n) is 6.29. The van der Waals surface area contributed by atoms with Gasteiger partial charge in [0, 0.05) is 32.2 Å². The van der Waals surface area contributed by atoms with E-state index < -0.39 is 12.1 Å². The Morgan fingerprint density at radius 3 is 2.11 bits per heavy atom. The molecule has 0 radical (unpaired) electrons. The molecular formula is C11H18F3N3O. The van der Waals surface area contributed by atoms with Crippen LogP contribution in [0.15, 0.2) is 0 Å². The Morgan fingerprint density at radius 2 is 1.61 bits per heavy atom. The van der Waals surface area contributed by atoms with Crippen LogP contribution in [0.25, 0.3) is 0 Å². The van der Waals surface area contributed by atoms with E-state index in [-0.39, 0.29) is 13.1 Å². The van der Waals surface area contributed by atoms with Gasteiger partial charge in [-0.05, 0) is 25.9 Å². The molecule has 0 saturated carbocycles. The average Bonchev–Trinajstić information content (AvgIpc) is 2.38. The summed E-state index contributed by atoms with van der Waals surface area (Å²) in [5.41, 5.74) is 0. The molecule has 4 nitrogen and oxygen atoms in total. The number of piperidine rings is 1. The minimum Gasteiger partial charge on any atom is -0.332 e. The quantitative estimate of drug-likeness (QED) is 0.747. The highest BCUT2D eigenvalue weighted by molar-refractivity contribution is 5.81. The summed E-state index contributed by atoms with van der Waals surface area (Å²) in [6.07, 6.45) is -2.67. The van der Waals surface area contributed by atoms with Crippen LogP contribution in [0.2, 0.25) is 0 Å². The number of amides is 1.